The van der Waals surface area contributed by atoms with Gasteiger partial charge in [-0.3, -0.25) is 0 Å². The molecule has 0 aliphatic heterocycles. The van der Waals surface area contributed by atoms with E-state index in [1.165, 1.54) is 5.56 Å². The monoisotopic (exact) mass is 374 g/mol. The van der Waals surface area contributed by atoms with Crippen LogP contribution in [0.3, 0.4) is 0 Å². The highest BCUT2D eigenvalue weighted by atomic mass is 35.5. The van der Waals surface area contributed by atoms with Gasteiger partial charge in [0.1, 0.15) is 0 Å². The summed E-state index contributed by atoms with van der Waals surface area (Å²) in [5.74, 6) is 0. The van der Waals surface area contributed by atoms with E-state index in [4.69, 9.17) is 13.3 Å². The fourth-order valence-electron chi connectivity index (χ4n) is 2.52. The summed E-state index contributed by atoms with van der Waals surface area (Å²) in [6.07, 6.45) is 3.68. The first-order valence-corrected chi connectivity index (χ1v) is 9.90. The molecule has 5 nitrogen and oxygen atoms in total. The average molecular weight is 375 g/mol. The van der Waals surface area contributed by atoms with Gasteiger partial charge in [0.05, 0.1) is 0 Å². The van der Waals surface area contributed by atoms with E-state index in [0.29, 0.717) is 6.04 Å². The average Bonchev–Trinajstić information content (AvgIpc) is 2.60. The molecule has 1 unspecified atom stereocenters. The van der Waals surface area contributed by atoms with Crippen LogP contribution in [0.25, 0.3) is 0 Å². The summed E-state index contributed by atoms with van der Waals surface area (Å²) in [4.78, 5) is 0. The molecule has 7 heteroatoms. The highest BCUT2D eigenvalue weighted by Crippen LogP contribution is 2.14. The van der Waals surface area contributed by atoms with Gasteiger partial charge in [0.15, 0.2) is 0 Å². The highest BCUT2D eigenvalue weighted by molar-refractivity contribution is 6.60. The molecule has 1 aromatic rings. The van der Waals surface area contributed by atoms with Crippen LogP contribution >= 0.6 is 12.4 Å². The van der Waals surface area contributed by atoms with Crippen LogP contribution in [0, 0.1) is 0 Å². The fourth-order valence-corrected chi connectivity index (χ4v) is 4.24. The molecule has 0 aliphatic rings. The second-order valence-corrected chi connectivity index (χ2v) is 8.45. The van der Waals surface area contributed by atoms with Crippen molar-refractivity contribution in [2.75, 3.05) is 34.4 Å². The minimum atomic E-state index is -2.44. The second kappa shape index (κ2) is 13.4. The summed E-state index contributed by atoms with van der Waals surface area (Å²) >= 11 is 0. The van der Waals surface area contributed by atoms with Crippen molar-refractivity contribution >= 4 is 21.2 Å². The first-order valence-electron chi connectivity index (χ1n) is 7.96. The molecule has 0 aliphatic carbocycles. The van der Waals surface area contributed by atoms with Crippen molar-refractivity contribution in [1.82, 2.24) is 10.6 Å². The molecule has 0 spiro atoms. The summed E-state index contributed by atoms with van der Waals surface area (Å²) < 4.78 is 16.3. The van der Waals surface area contributed by atoms with E-state index in [2.05, 4.69) is 41.5 Å². The number of hydrogen-bond acceptors (Lipinski definition) is 5. The molecule has 1 atom stereocenters. The minimum Gasteiger partial charge on any atom is -0.387 e. The Bertz CT molecular complexity index is 425. The first-order chi connectivity index (χ1) is 11.2. The van der Waals surface area contributed by atoms with Gasteiger partial charge in [-0.2, -0.15) is 0 Å². The summed E-state index contributed by atoms with van der Waals surface area (Å²) in [6, 6.07) is 11.6. The lowest BCUT2D eigenvalue weighted by molar-refractivity contribution is 0.123. The summed E-state index contributed by atoms with van der Waals surface area (Å²) in [5, 5.41) is 6.79. The molecule has 2 N–H and O–H groups in total. The third-order valence-electron chi connectivity index (χ3n) is 3.84. The van der Waals surface area contributed by atoms with Gasteiger partial charge >= 0.3 is 8.80 Å². The topological polar surface area (TPSA) is 51.8 Å². The second-order valence-electron chi connectivity index (χ2n) is 5.36. The summed E-state index contributed by atoms with van der Waals surface area (Å²) in [5.41, 5.74) is 1.32. The molecule has 0 radical (unpaired) electrons. The third-order valence-corrected chi connectivity index (χ3v) is 6.67. The fraction of sp³-hybridized carbons (Fsp3) is 0.529. The Kier molecular flexibility index (Phi) is 12.9. The van der Waals surface area contributed by atoms with Crippen molar-refractivity contribution in [3.63, 3.8) is 0 Å². The van der Waals surface area contributed by atoms with Gasteiger partial charge in [0.25, 0.3) is 0 Å². The van der Waals surface area contributed by atoms with E-state index in [1.807, 2.05) is 6.07 Å². The van der Waals surface area contributed by atoms with E-state index in [0.717, 1.165) is 32.0 Å². The van der Waals surface area contributed by atoms with Gasteiger partial charge in [-0.15, -0.1) is 12.4 Å². The van der Waals surface area contributed by atoms with Crippen molar-refractivity contribution in [3.8, 4) is 0 Å². The minimum absolute atomic E-state index is 0. The van der Waals surface area contributed by atoms with Gasteiger partial charge in [-0.25, -0.2) is 0 Å². The lowest BCUT2D eigenvalue weighted by atomic mass is 10.1. The van der Waals surface area contributed by atoms with Crippen molar-refractivity contribution < 1.29 is 13.3 Å². The molecule has 0 saturated heterocycles. The van der Waals surface area contributed by atoms with E-state index in [1.54, 1.807) is 27.5 Å². The molecular formula is C17H31ClN2O3Si. The summed E-state index contributed by atoms with van der Waals surface area (Å²) in [6.45, 7) is 5.54. The Balaban J connectivity index is 0.00000529. The Morgan fingerprint density at radius 3 is 2.29 bits per heavy atom. The number of rotatable bonds is 13. The molecular weight excluding hydrogens is 344 g/mol. The van der Waals surface area contributed by atoms with Gasteiger partial charge in [0, 0.05) is 40.0 Å². The van der Waals surface area contributed by atoms with Gasteiger partial charge in [0.2, 0.25) is 0 Å². The third kappa shape index (κ3) is 8.28. The Morgan fingerprint density at radius 2 is 1.75 bits per heavy atom. The zero-order chi connectivity index (χ0) is 17.0. The number of halogens is 1. The lowest BCUT2D eigenvalue weighted by Gasteiger charge is -2.24. The predicted molar refractivity (Wildman–Crippen MR) is 104 cm³/mol. The first kappa shape index (κ1) is 23.1. The molecule has 1 rings (SSSR count). The van der Waals surface area contributed by atoms with Crippen LogP contribution in [-0.4, -0.2) is 49.3 Å². The SMILES string of the molecule is C=CNC(CNCCC[Si](OC)(OC)OC)Cc1ccccc1.Cl. The Hall–Kier alpha value is -0.893. The van der Waals surface area contributed by atoms with Crippen molar-refractivity contribution in [2.45, 2.75) is 24.9 Å². The predicted octanol–water partition coefficient (Wildman–Crippen LogP) is 2.61. The number of nitrogens with one attached hydrogen (secondary N) is 2. The molecule has 0 saturated carbocycles. The molecule has 138 valence electrons. The van der Waals surface area contributed by atoms with Crippen LogP contribution in [0.5, 0.6) is 0 Å². The quantitative estimate of drug-likeness (QED) is 0.410. The molecule has 0 heterocycles. The maximum atomic E-state index is 5.42. The van der Waals surface area contributed by atoms with Crippen LogP contribution in [0.4, 0.5) is 0 Å². The largest absolute Gasteiger partial charge is 0.500 e. The highest BCUT2D eigenvalue weighted by Gasteiger charge is 2.36. The Labute approximate surface area is 153 Å². The van der Waals surface area contributed by atoms with Crippen LogP contribution < -0.4 is 10.6 Å². The lowest BCUT2D eigenvalue weighted by Crippen LogP contribution is -2.43. The maximum Gasteiger partial charge on any atom is 0.500 e. The van der Waals surface area contributed by atoms with Crippen LogP contribution in [0.2, 0.25) is 6.04 Å². The Morgan fingerprint density at radius 1 is 1.12 bits per heavy atom. The van der Waals surface area contributed by atoms with E-state index >= 15 is 0 Å². The van der Waals surface area contributed by atoms with Gasteiger partial charge in [-0.1, -0.05) is 36.9 Å². The molecule has 0 fully saturated rings. The summed E-state index contributed by atoms with van der Waals surface area (Å²) in [7, 11) is 2.51. The zero-order valence-electron chi connectivity index (χ0n) is 14.9. The molecule has 0 bridgehead atoms. The van der Waals surface area contributed by atoms with Crippen molar-refractivity contribution in [3.05, 3.63) is 48.7 Å². The normalized spacial score (nSPS) is 12.3. The molecule has 0 amide bonds. The number of benzene rings is 1. The van der Waals surface area contributed by atoms with Crippen LogP contribution in [-0.2, 0) is 19.7 Å². The van der Waals surface area contributed by atoms with E-state index < -0.39 is 8.80 Å². The standard InChI is InChI=1S/C17H30N2O3Si.ClH/c1-5-19-17(14-16-10-7-6-8-11-16)15-18-12-9-13-23(20-2,21-3)22-4;/h5-8,10-11,17-19H,1,9,12-15H2,2-4H3;1H. The zero-order valence-corrected chi connectivity index (χ0v) is 16.7. The van der Waals surface area contributed by atoms with Gasteiger partial charge < -0.3 is 23.9 Å². The molecule has 24 heavy (non-hydrogen) atoms. The van der Waals surface area contributed by atoms with E-state index in [-0.39, 0.29) is 12.4 Å². The van der Waals surface area contributed by atoms with Crippen LogP contribution in [0.1, 0.15) is 12.0 Å². The number of hydrogen-bond donors (Lipinski definition) is 2. The molecule has 1 aromatic carbocycles. The van der Waals surface area contributed by atoms with Crippen LogP contribution in [0.15, 0.2) is 43.1 Å². The maximum absolute atomic E-state index is 5.42. The smallest absolute Gasteiger partial charge is 0.387 e. The van der Waals surface area contributed by atoms with Gasteiger partial charge in [-0.05, 0) is 31.1 Å². The van der Waals surface area contributed by atoms with Crippen molar-refractivity contribution in [2.24, 2.45) is 0 Å². The van der Waals surface area contributed by atoms with E-state index in [9.17, 15) is 0 Å². The molecule has 0 aromatic heterocycles. The van der Waals surface area contributed by atoms with Crippen molar-refractivity contribution in [1.29, 1.82) is 0 Å².